The van der Waals surface area contributed by atoms with Crippen molar-refractivity contribution in [3.8, 4) is 5.75 Å². The lowest BCUT2D eigenvalue weighted by Crippen LogP contribution is -2.51. The van der Waals surface area contributed by atoms with Crippen molar-refractivity contribution >= 4 is 17.3 Å². The number of methoxy groups -OCH3 is 1. The maximum atomic E-state index is 6.27. The van der Waals surface area contributed by atoms with Gasteiger partial charge in [-0.25, -0.2) is 0 Å². The summed E-state index contributed by atoms with van der Waals surface area (Å²) in [5.41, 5.74) is 1.44. The first-order valence-electron chi connectivity index (χ1n) is 7.46. The van der Waals surface area contributed by atoms with Crippen LogP contribution < -0.4 is 15.0 Å². The van der Waals surface area contributed by atoms with E-state index in [4.69, 9.17) is 16.3 Å². The van der Waals surface area contributed by atoms with Crippen LogP contribution in [0.15, 0.2) is 18.2 Å². The van der Waals surface area contributed by atoms with Gasteiger partial charge < -0.3 is 15.0 Å². The molecule has 110 valence electrons. The number of ether oxygens (including phenoxy) is 1. The molecule has 1 atom stereocenters. The molecule has 1 aromatic carbocycles. The van der Waals surface area contributed by atoms with Gasteiger partial charge in [-0.2, -0.15) is 0 Å². The highest BCUT2D eigenvalue weighted by atomic mass is 35.5. The zero-order valence-electron chi connectivity index (χ0n) is 12.3. The van der Waals surface area contributed by atoms with Crippen molar-refractivity contribution < 1.29 is 4.74 Å². The van der Waals surface area contributed by atoms with Crippen LogP contribution in [0.2, 0.25) is 5.02 Å². The molecule has 1 unspecified atom stereocenters. The average Bonchev–Trinajstić information content (AvgIpc) is 3.25. The third-order valence-corrected chi connectivity index (χ3v) is 4.93. The fraction of sp³-hybridized carbons (Fsp3) is 0.625. The second kappa shape index (κ2) is 5.45. The second-order valence-electron chi connectivity index (χ2n) is 6.21. The summed E-state index contributed by atoms with van der Waals surface area (Å²) < 4.78 is 5.24. The van der Waals surface area contributed by atoms with Crippen molar-refractivity contribution in [2.75, 3.05) is 31.6 Å². The number of benzene rings is 1. The Kier molecular flexibility index (Phi) is 3.83. The zero-order valence-corrected chi connectivity index (χ0v) is 13.0. The van der Waals surface area contributed by atoms with Crippen LogP contribution in [0, 0.1) is 5.92 Å². The first kappa shape index (κ1) is 14.0. The van der Waals surface area contributed by atoms with Gasteiger partial charge in [-0.3, -0.25) is 0 Å². The molecule has 1 saturated heterocycles. The Morgan fingerprint density at radius 3 is 2.85 bits per heavy atom. The predicted molar refractivity (Wildman–Crippen MR) is 84.0 cm³/mol. The van der Waals surface area contributed by atoms with Gasteiger partial charge in [-0.1, -0.05) is 11.6 Å². The van der Waals surface area contributed by atoms with Crippen LogP contribution in [-0.2, 0) is 0 Å². The number of hydrogen-bond acceptors (Lipinski definition) is 3. The summed E-state index contributed by atoms with van der Waals surface area (Å²) in [5, 5.41) is 4.45. The summed E-state index contributed by atoms with van der Waals surface area (Å²) in [6, 6.07) is 6.10. The summed E-state index contributed by atoms with van der Waals surface area (Å²) in [5.74, 6) is 1.57. The fourth-order valence-electron chi connectivity index (χ4n) is 3.24. The Labute approximate surface area is 126 Å². The van der Waals surface area contributed by atoms with Crippen LogP contribution in [0.5, 0.6) is 5.75 Å². The number of halogens is 1. The van der Waals surface area contributed by atoms with Crippen molar-refractivity contribution in [2.45, 2.75) is 31.7 Å². The molecule has 3 nitrogen and oxygen atoms in total. The molecule has 1 aromatic rings. The quantitative estimate of drug-likeness (QED) is 0.925. The van der Waals surface area contributed by atoms with E-state index in [2.05, 4.69) is 23.2 Å². The summed E-state index contributed by atoms with van der Waals surface area (Å²) >= 11 is 6.27. The lowest BCUT2D eigenvalue weighted by molar-refractivity contribution is 0.331. The molecule has 2 aliphatic rings. The standard InChI is InChI=1S/C16H23ClN2O/c1-16(12-4-5-12)11-19(9-3-8-18-16)13-6-7-15(20-2)14(17)10-13/h6-7,10,12,18H,3-5,8-9,11H2,1-2H3. The Hall–Kier alpha value is -0.930. The lowest BCUT2D eigenvalue weighted by atomic mass is 9.95. The van der Waals surface area contributed by atoms with E-state index in [9.17, 15) is 0 Å². The monoisotopic (exact) mass is 294 g/mol. The number of nitrogens with zero attached hydrogens (tertiary/aromatic N) is 1. The SMILES string of the molecule is COc1ccc(N2CCCNC(C)(C3CC3)C2)cc1Cl. The molecule has 1 heterocycles. The predicted octanol–water partition coefficient (Wildman–Crippen LogP) is 3.32. The van der Waals surface area contributed by atoms with Gasteiger partial charge in [0, 0.05) is 24.3 Å². The highest BCUT2D eigenvalue weighted by Crippen LogP contribution is 2.41. The molecule has 1 saturated carbocycles. The van der Waals surface area contributed by atoms with Crippen molar-refractivity contribution in [3.63, 3.8) is 0 Å². The first-order chi connectivity index (χ1) is 9.62. The molecule has 4 heteroatoms. The molecule has 0 spiro atoms. The molecule has 0 aromatic heterocycles. The van der Waals surface area contributed by atoms with Crippen molar-refractivity contribution in [3.05, 3.63) is 23.2 Å². The van der Waals surface area contributed by atoms with E-state index in [1.165, 1.54) is 24.9 Å². The zero-order chi connectivity index (χ0) is 14.2. The first-order valence-corrected chi connectivity index (χ1v) is 7.84. The topological polar surface area (TPSA) is 24.5 Å². The highest BCUT2D eigenvalue weighted by molar-refractivity contribution is 6.32. The van der Waals surface area contributed by atoms with Gasteiger partial charge in [0.25, 0.3) is 0 Å². The van der Waals surface area contributed by atoms with E-state index in [-0.39, 0.29) is 5.54 Å². The van der Waals surface area contributed by atoms with E-state index in [0.29, 0.717) is 5.02 Å². The summed E-state index contributed by atoms with van der Waals surface area (Å²) in [7, 11) is 1.65. The smallest absolute Gasteiger partial charge is 0.137 e. The maximum Gasteiger partial charge on any atom is 0.137 e. The molecular weight excluding hydrogens is 272 g/mol. The third-order valence-electron chi connectivity index (χ3n) is 4.63. The van der Waals surface area contributed by atoms with Gasteiger partial charge >= 0.3 is 0 Å². The largest absolute Gasteiger partial charge is 0.495 e. The molecule has 3 rings (SSSR count). The van der Waals surface area contributed by atoms with E-state index >= 15 is 0 Å². The van der Waals surface area contributed by atoms with E-state index < -0.39 is 0 Å². The normalized spacial score (nSPS) is 27.2. The Bertz CT molecular complexity index is 489. The van der Waals surface area contributed by atoms with Crippen LogP contribution in [0.1, 0.15) is 26.2 Å². The van der Waals surface area contributed by atoms with Gasteiger partial charge in [-0.15, -0.1) is 0 Å². The van der Waals surface area contributed by atoms with Crippen LogP contribution >= 0.6 is 11.6 Å². The van der Waals surface area contributed by atoms with Crippen LogP contribution in [0.25, 0.3) is 0 Å². The molecule has 0 bridgehead atoms. The Morgan fingerprint density at radius 2 is 2.20 bits per heavy atom. The van der Waals surface area contributed by atoms with Crippen molar-refractivity contribution in [1.82, 2.24) is 5.32 Å². The lowest BCUT2D eigenvalue weighted by Gasteiger charge is -2.35. The molecule has 1 aliphatic heterocycles. The third kappa shape index (κ3) is 2.75. The molecule has 20 heavy (non-hydrogen) atoms. The molecular formula is C16H23ClN2O. The molecule has 0 radical (unpaired) electrons. The van der Waals surface area contributed by atoms with E-state index in [1.807, 2.05) is 12.1 Å². The van der Waals surface area contributed by atoms with Gasteiger partial charge in [0.05, 0.1) is 12.1 Å². The summed E-state index contributed by atoms with van der Waals surface area (Å²) in [6.07, 6.45) is 3.90. The van der Waals surface area contributed by atoms with E-state index in [0.717, 1.165) is 31.3 Å². The minimum Gasteiger partial charge on any atom is -0.495 e. The minimum absolute atomic E-state index is 0.239. The van der Waals surface area contributed by atoms with E-state index in [1.54, 1.807) is 7.11 Å². The van der Waals surface area contributed by atoms with Crippen LogP contribution in [0.3, 0.4) is 0 Å². The Balaban J connectivity index is 1.82. The fourth-order valence-corrected chi connectivity index (χ4v) is 3.49. The molecule has 0 amide bonds. The highest BCUT2D eigenvalue weighted by Gasteiger charge is 2.43. The summed E-state index contributed by atoms with van der Waals surface area (Å²) in [6.45, 7) is 5.61. The Morgan fingerprint density at radius 1 is 1.40 bits per heavy atom. The van der Waals surface area contributed by atoms with Gasteiger partial charge in [-0.05, 0) is 56.8 Å². The van der Waals surface area contributed by atoms with Gasteiger partial charge in [0.1, 0.15) is 5.75 Å². The average molecular weight is 295 g/mol. The van der Waals surface area contributed by atoms with Crippen molar-refractivity contribution in [2.24, 2.45) is 5.92 Å². The number of rotatable bonds is 3. The number of nitrogens with one attached hydrogen (secondary N) is 1. The number of anilines is 1. The van der Waals surface area contributed by atoms with Crippen LogP contribution in [-0.4, -0.2) is 32.3 Å². The molecule has 1 aliphatic carbocycles. The molecule has 2 fully saturated rings. The number of hydrogen-bond donors (Lipinski definition) is 1. The van der Waals surface area contributed by atoms with Crippen LogP contribution in [0.4, 0.5) is 5.69 Å². The van der Waals surface area contributed by atoms with Gasteiger partial charge in [0.2, 0.25) is 0 Å². The molecule has 1 N–H and O–H groups in total. The maximum absolute atomic E-state index is 6.27. The summed E-state index contributed by atoms with van der Waals surface area (Å²) in [4.78, 5) is 2.46. The second-order valence-corrected chi connectivity index (χ2v) is 6.62. The van der Waals surface area contributed by atoms with Crippen molar-refractivity contribution in [1.29, 1.82) is 0 Å². The minimum atomic E-state index is 0.239. The van der Waals surface area contributed by atoms with Gasteiger partial charge in [0.15, 0.2) is 0 Å².